The van der Waals surface area contributed by atoms with Crippen molar-refractivity contribution in [1.29, 1.82) is 0 Å². The van der Waals surface area contributed by atoms with Gasteiger partial charge in [-0.3, -0.25) is 4.40 Å². The van der Waals surface area contributed by atoms with Crippen LogP contribution in [-0.2, 0) is 0 Å². The van der Waals surface area contributed by atoms with Crippen LogP contribution in [0.4, 0.5) is 0 Å². The number of benzene rings is 1. The quantitative estimate of drug-likeness (QED) is 0.599. The normalized spacial score (nSPS) is 11.4. The Morgan fingerprint density at radius 3 is 3.00 bits per heavy atom. The van der Waals surface area contributed by atoms with Crippen LogP contribution >= 0.6 is 27.5 Å². The molecule has 0 spiro atoms. The third-order valence-corrected chi connectivity index (χ3v) is 3.27. The first-order valence-electron chi connectivity index (χ1n) is 4.62. The molecule has 3 rings (SSSR count). The summed E-state index contributed by atoms with van der Waals surface area (Å²) in [5.41, 5.74) is 2.66. The third kappa shape index (κ3) is 1.32. The van der Waals surface area contributed by atoms with Gasteiger partial charge >= 0.3 is 0 Å². The van der Waals surface area contributed by atoms with Crippen molar-refractivity contribution in [2.45, 2.75) is 6.92 Å². The number of aryl methyl sites for hydroxylation is 1. The number of aromatic nitrogens is 4. The summed E-state index contributed by atoms with van der Waals surface area (Å²) in [5.74, 6) is 0. The third-order valence-electron chi connectivity index (χ3n) is 2.40. The van der Waals surface area contributed by atoms with E-state index in [-0.39, 0.29) is 0 Å². The van der Waals surface area contributed by atoms with Gasteiger partial charge in [0.15, 0.2) is 5.65 Å². The highest BCUT2D eigenvalue weighted by Crippen LogP contribution is 2.28. The number of nitrogens with zero attached hydrogens (tertiary/aromatic N) is 4. The maximum Gasteiger partial charge on any atom is 0.210 e. The van der Waals surface area contributed by atoms with E-state index < -0.39 is 0 Å². The predicted molar refractivity (Wildman–Crippen MR) is 65.7 cm³/mol. The Balaban J connectivity index is 2.64. The minimum Gasteiger partial charge on any atom is -0.255 e. The van der Waals surface area contributed by atoms with Crippen LogP contribution in [0.15, 0.2) is 22.9 Å². The Kier molecular flexibility index (Phi) is 2.12. The topological polar surface area (TPSA) is 43.1 Å². The lowest BCUT2D eigenvalue weighted by Gasteiger charge is -2.04. The minimum absolute atomic E-state index is 0.358. The van der Waals surface area contributed by atoms with Crippen molar-refractivity contribution in [3.63, 3.8) is 0 Å². The monoisotopic (exact) mass is 296 g/mol. The molecule has 0 saturated carbocycles. The van der Waals surface area contributed by atoms with Gasteiger partial charge in [0.2, 0.25) is 5.28 Å². The molecule has 0 fully saturated rings. The molecule has 0 aliphatic rings. The van der Waals surface area contributed by atoms with E-state index in [0.29, 0.717) is 5.28 Å². The molecule has 2 heterocycles. The Morgan fingerprint density at radius 2 is 2.19 bits per heavy atom. The minimum atomic E-state index is 0.358. The molecular weight excluding hydrogens is 291 g/mol. The Bertz CT molecular complexity index is 707. The summed E-state index contributed by atoms with van der Waals surface area (Å²) in [7, 11) is 0. The average Bonchev–Trinajstić information content (AvgIpc) is 2.69. The lowest BCUT2D eigenvalue weighted by molar-refractivity contribution is 1.08. The molecule has 3 aromatic rings. The van der Waals surface area contributed by atoms with Crippen LogP contribution in [0.5, 0.6) is 0 Å². The predicted octanol–water partition coefficient (Wildman–Crippen LogP) is 3.00. The van der Waals surface area contributed by atoms with Crippen molar-refractivity contribution in [2.24, 2.45) is 0 Å². The first kappa shape index (κ1) is 9.99. The van der Waals surface area contributed by atoms with Crippen LogP contribution in [-0.4, -0.2) is 19.6 Å². The van der Waals surface area contributed by atoms with Gasteiger partial charge in [-0.25, -0.2) is 4.98 Å². The van der Waals surface area contributed by atoms with Crippen molar-refractivity contribution in [3.05, 3.63) is 33.8 Å². The van der Waals surface area contributed by atoms with E-state index in [9.17, 15) is 0 Å². The summed E-state index contributed by atoms with van der Waals surface area (Å²) in [5, 5.41) is 9.20. The van der Waals surface area contributed by atoms with E-state index in [1.165, 1.54) is 0 Å². The number of hydrogen-bond donors (Lipinski definition) is 0. The Labute approximate surface area is 104 Å². The Morgan fingerprint density at radius 1 is 1.38 bits per heavy atom. The average molecular weight is 298 g/mol. The summed E-state index contributed by atoms with van der Waals surface area (Å²) in [6.45, 7) is 2.02. The second kappa shape index (κ2) is 3.40. The largest absolute Gasteiger partial charge is 0.255 e. The molecular formula is C10H6BrClN4. The molecule has 0 aliphatic heterocycles. The van der Waals surface area contributed by atoms with E-state index in [4.69, 9.17) is 11.6 Å². The van der Waals surface area contributed by atoms with E-state index in [2.05, 4.69) is 31.1 Å². The van der Waals surface area contributed by atoms with Crippen molar-refractivity contribution in [3.8, 4) is 0 Å². The first-order valence-corrected chi connectivity index (χ1v) is 5.79. The molecule has 0 N–H and O–H groups in total. The zero-order valence-electron chi connectivity index (χ0n) is 8.28. The van der Waals surface area contributed by atoms with Gasteiger partial charge in [-0.2, -0.15) is 0 Å². The van der Waals surface area contributed by atoms with E-state index >= 15 is 0 Å². The van der Waals surface area contributed by atoms with Crippen LogP contribution < -0.4 is 0 Å². The zero-order valence-corrected chi connectivity index (χ0v) is 10.6. The Hall–Kier alpha value is -1.20. The molecule has 1 aromatic carbocycles. The molecule has 80 valence electrons. The molecule has 4 nitrogen and oxygen atoms in total. The second-order valence-corrected chi connectivity index (χ2v) is 4.74. The van der Waals surface area contributed by atoms with Crippen LogP contribution in [0, 0.1) is 6.92 Å². The second-order valence-electron chi connectivity index (χ2n) is 3.55. The van der Waals surface area contributed by atoms with Gasteiger partial charge < -0.3 is 0 Å². The van der Waals surface area contributed by atoms with Crippen molar-refractivity contribution in [2.75, 3.05) is 0 Å². The number of fused-ring (bicyclic) bond motifs is 3. The lowest BCUT2D eigenvalue weighted by Crippen LogP contribution is -1.93. The molecule has 0 saturated heterocycles. The van der Waals surface area contributed by atoms with Crippen LogP contribution in [0.1, 0.15) is 5.56 Å². The summed E-state index contributed by atoms with van der Waals surface area (Å²) >= 11 is 9.52. The fraction of sp³-hybridized carbons (Fsp3) is 0.100. The van der Waals surface area contributed by atoms with Crippen molar-refractivity contribution < 1.29 is 0 Å². The summed E-state index contributed by atoms with van der Waals surface area (Å²) in [6.07, 6.45) is 1.56. The highest BCUT2D eigenvalue weighted by molar-refractivity contribution is 9.10. The molecule has 2 aromatic heterocycles. The summed E-state index contributed by atoms with van der Waals surface area (Å²) < 4.78 is 2.57. The SMILES string of the molecule is Cc1cc(Br)c2nc(Cl)n3cnnc3c2c1. The maximum atomic E-state index is 6.04. The van der Waals surface area contributed by atoms with Gasteiger partial charge in [-0.1, -0.05) is 0 Å². The van der Waals surface area contributed by atoms with Crippen LogP contribution in [0.2, 0.25) is 5.28 Å². The molecule has 0 unspecified atom stereocenters. The lowest BCUT2D eigenvalue weighted by atomic mass is 10.1. The van der Waals surface area contributed by atoms with Crippen LogP contribution in [0.3, 0.4) is 0 Å². The van der Waals surface area contributed by atoms with Crippen LogP contribution in [0.25, 0.3) is 16.6 Å². The van der Waals surface area contributed by atoms with E-state index in [1.807, 2.05) is 19.1 Å². The van der Waals surface area contributed by atoms with Gasteiger partial charge in [-0.15, -0.1) is 10.2 Å². The molecule has 0 amide bonds. The molecule has 0 aliphatic carbocycles. The number of halogens is 2. The summed E-state index contributed by atoms with van der Waals surface area (Å²) in [6, 6.07) is 4.02. The van der Waals surface area contributed by atoms with Gasteiger partial charge in [0.05, 0.1) is 5.52 Å². The fourth-order valence-electron chi connectivity index (χ4n) is 1.72. The van der Waals surface area contributed by atoms with Crippen molar-refractivity contribution in [1.82, 2.24) is 19.6 Å². The highest BCUT2D eigenvalue weighted by Gasteiger charge is 2.10. The highest BCUT2D eigenvalue weighted by atomic mass is 79.9. The standard InChI is InChI=1S/C10H6BrClN4/c1-5-2-6-8(7(11)3-5)14-10(12)16-4-13-15-9(6)16/h2-4H,1H3. The molecule has 0 atom stereocenters. The molecule has 6 heteroatoms. The molecule has 0 bridgehead atoms. The number of rotatable bonds is 0. The van der Waals surface area contributed by atoms with Gasteiger partial charge in [0.1, 0.15) is 6.33 Å². The van der Waals surface area contributed by atoms with Gasteiger partial charge in [0.25, 0.3) is 0 Å². The van der Waals surface area contributed by atoms with Crippen molar-refractivity contribution >= 4 is 44.1 Å². The first-order chi connectivity index (χ1) is 7.66. The molecule has 0 radical (unpaired) electrons. The number of hydrogen-bond acceptors (Lipinski definition) is 3. The van der Waals surface area contributed by atoms with Gasteiger partial charge in [0, 0.05) is 9.86 Å². The smallest absolute Gasteiger partial charge is 0.210 e. The summed E-state index contributed by atoms with van der Waals surface area (Å²) in [4.78, 5) is 4.32. The zero-order chi connectivity index (χ0) is 11.3. The van der Waals surface area contributed by atoms with E-state index in [0.717, 1.165) is 26.6 Å². The molecule has 16 heavy (non-hydrogen) atoms. The van der Waals surface area contributed by atoms with E-state index in [1.54, 1.807) is 10.7 Å². The van der Waals surface area contributed by atoms with Gasteiger partial charge in [-0.05, 0) is 52.2 Å². The fourth-order valence-corrected chi connectivity index (χ4v) is 2.59. The maximum absolute atomic E-state index is 6.04.